The monoisotopic (exact) mass is 415 g/mol. The van der Waals surface area contributed by atoms with Gasteiger partial charge in [0.15, 0.2) is 6.29 Å². The Labute approximate surface area is 179 Å². The van der Waals surface area contributed by atoms with Gasteiger partial charge in [0.25, 0.3) is 0 Å². The summed E-state index contributed by atoms with van der Waals surface area (Å²) < 4.78 is 17.0. The number of nitrogens with zero attached hydrogens (tertiary/aromatic N) is 3. The van der Waals surface area contributed by atoms with Gasteiger partial charge in [-0.2, -0.15) is 0 Å². The predicted octanol–water partition coefficient (Wildman–Crippen LogP) is 3.58. The van der Waals surface area contributed by atoms with E-state index < -0.39 is 6.29 Å². The molecule has 2 aromatic rings. The van der Waals surface area contributed by atoms with E-state index in [-0.39, 0.29) is 5.60 Å². The number of likely N-dealkylation sites (tertiary alicyclic amines) is 1. The van der Waals surface area contributed by atoms with Gasteiger partial charge in [0.05, 0.1) is 6.61 Å². The molecule has 0 amide bonds. The largest absolute Gasteiger partial charge is 0.493 e. The molecule has 1 unspecified atom stereocenters. The van der Waals surface area contributed by atoms with Gasteiger partial charge in [-0.25, -0.2) is 4.98 Å². The summed E-state index contributed by atoms with van der Waals surface area (Å²) in [6.07, 6.45) is 4.51. The molecule has 30 heavy (non-hydrogen) atoms. The third kappa shape index (κ3) is 6.39. The summed E-state index contributed by atoms with van der Waals surface area (Å²) >= 11 is 0. The Morgan fingerprint density at radius 3 is 2.53 bits per heavy atom. The van der Waals surface area contributed by atoms with E-state index in [0.717, 1.165) is 38.2 Å². The number of methoxy groups -OCH3 is 1. The van der Waals surface area contributed by atoms with Crippen LogP contribution in [0.2, 0.25) is 0 Å². The van der Waals surface area contributed by atoms with Crippen molar-refractivity contribution in [3.05, 3.63) is 47.9 Å². The highest BCUT2D eigenvalue weighted by molar-refractivity contribution is 5.34. The lowest BCUT2D eigenvalue weighted by atomic mass is 9.97. The van der Waals surface area contributed by atoms with Crippen LogP contribution in [0, 0.1) is 5.92 Å². The normalized spacial score (nSPS) is 17.0. The van der Waals surface area contributed by atoms with Gasteiger partial charge < -0.3 is 19.3 Å². The van der Waals surface area contributed by atoms with Gasteiger partial charge in [0, 0.05) is 31.6 Å². The van der Waals surface area contributed by atoms with Crippen LogP contribution >= 0.6 is 0 Å². The van der Waals surface area contributed by atoms with E-state index in [0.29, 0.717) is 29.7 Å². The minimum Gasteiger partial charge on any atom is -0.493 e. The van der Waals surface area contributed by atoms with Crippen LogP contribution in [0.25, 0.3) is 0 Å². The maximum Gasteiger partial charge on any atom is 0.237 e. The first-order valence-corrected chi connectivity index (χ1v) is 10.5. The lowest BCUT2D eigenvalue weighted by molar-refractivity contribution is -0.0784. The maximum absolute atomic E-state index is 9.98. The summed E-state index contributed by atoms with van der Waals surface area (Å²) in [5, 5.41) is 9.98. The molecule has 1 N–H and O–H groups in total. The fourth-order valence-corrected chi connectivity index (χ4v) is 3.51. The fourth-order valence-electron chi connectivity index (χ4n) is 3.51. The third-order valence-electron chi connectivity index (χ3n) is 5.10. The number of aromatic nitrogens is 2. The number of aliphatic hydroxyl groups is 1. The van der Waals surface area contributed by atoms with Gasteiger partial charge in [0.1, 0.15) is 17.0 Å². The molecule has 1 aromatic carbocycles. The second kappa shape index (κ2) is 10.2. The number of rotatable bonds is 8. The van der Waals surface area contributed by atoms with Crippen molar-refractivity contribution in [1.29, 1.82) is 0 Å². The average molecular weight is 416 g/mol. The Morgan fingerprint density at radius 1 is 1.13 bits per heavy atom. The highest BCUT2D eigenvalue weighted by Gasteiger charge is 2.23. The zero-order valence-corrected chi connectivity index (χ0v) is 18.4. The van der Waals surface area contributed by atoms with E-state index in [1.54, 1.807) is 12.4 Å². The first-order valence-electron chi connectivity index (χ1n) is 10.5. The van der Waals surface area contributed by atoms with E-state index in [2.05, 4.69) is 14.9 Å². The molecule has 1 aliphatic heterocycles. The molecule has 0 aliphatic carbocycles. The van der Waals surface area contributed by atoms with Crippen molar-refractivity contribution < 1.29 is 19.3 Å². The van der Waals surface area contributed by atoms with Gasteiger partial charge in [-0.3, -0.25) is 9.88 Å². The molecular weight excluding hydrogens is 382 g/mol. The molecule has 0 spiro atoms. The maximum atomic E-state index is 9.98. The fraction of sp³-hybridized carbons (Fsp3) is 0.565. The zero-order valence-electron chi connectivity index (χ0n) is 18.4. The molecule has 164 valence electrons. The Hall–Kier alpha value is -2.22. The molecule has 1 fully saturated rings. The van der Waals surface area contributed by atoms with Crippen LogP contribution in [0.1, 0.15) is 51.2 Å². The van der Waals surface area contributed by atoms with Crippen molar-refractivity contribution in [3.8, 4) is 11.6 Å². The Kier molecular flexibility index (Phi) is 7.64. The van der Waals surface area contributed by atoms with E-state index >= 15 is 0 Å². The molecule has 0 bridgehead atoms. The molecule has 7 nitrogen and oxygen atoms in total. The molecule has 1 aromatic heterocycles. The van der Waals surface area contributed by atoms with Crippen LogP contribution in [0.3, 0.4) is 0 Å². The SMILES string of the molecule is COC(O)c1ccccc1OCC1CCN(Cc2nccnc2OC(C)(C)C)CC1. The van der Waals surface area contributed by atoms with Gasteiger partial charge in [0.2, 0.25) is 5.88 Å². The lowest BCUT2D eigenvalue weighted by Gasteiger charge is -2.32. The lowest BCUT2D eigenvalue weighted by Crippen LogP contribution is -2.35. The Balaban J connectivity index is 1.51. The summed E-state index contributed by atoms with van der Waals surface area (Å²) in [6.45, 7) is 9.35. The highest BCUT2D eigenvalue weighted by atomic mass is 16.6. The van der Waals surface area contributed by atoms with Gasteiger partial charge in [-0.1, -0.05) is 18.2 Å². The number of aliphatic hydroxyl groups excluding tert-OH is 1. The number of piperidine rings is 1. The third-order valence-corrected chi connectivity index (χ3v) is 5.10. The zero-order chi connectivity index (χ0) is 21.6. The quantitative estimate of drug-likeness (QED) is 0.660. The van der Waals surface area contributed by atoms with Crippen molar-refractivity contribution in [3.63, 3.8) is 0 Å². The standard InChI is InChI=1S/C23H33N3O4/c1-23(2,3)30-21-19(24-11-12-25-21)15-26-13-9-17(10-14-26)16-29-20-8-6-5-7-18(20)22(27)28-4/h5-8,11-12,17,22,27H,9-10,13-16H2,1-4H3. The van der Waals surface area contributed by atoms with Crippen molar-refractivity contribution in [2.24, 2.45) is 5.92 Å². The number of hydrogen-bond acceptors (Lipinski definition) is 7. The van der Waals surface area contributed by atoms with Crippen molar-refractivity contribution in [2.75, 3.05) is 26.8 Å². The van der Waals surface area contributed by atoms with E-state index in [1.165, 1.54) is 7.11 Å². The number of ether oxygens (including phenoxy) is 3. The number of hydrogen-bond donors (Lipinski definition) is 1. The van der Waals surface area contributed by atoms with E-state index in [9.17, 15) is 5.11 Å². The van der Waals surface area contributed by atoms with E-state index in [4.69, 9.17) is 14.2 Å². The molecule has 0 saturated carbocycles. The van der Waals surface area contributed by atoms with Crippen LogP contribution in [-0.4, -0.2) is 52.4 Å². The molecule has 0 radical (unpaired) electrons. The first-order chi connectivity index (χ1) is 14.4. The summed E-state index contributed by atoms with van der Waals surface area (Å²) in [5.41, 5.74) is 1.23. The summed E-state index contributed by atoms with van der Waals surface area (Å²) in [4.78, 5) is 11.3. The van der Waals surface area contributed by atoms with E-state index in [1.807, 2.05) is 45.0 Å². The molecule has 2 heterocycles. The van der Waals surface area contributed by atoms with Crippen LogP contribution in [0.15, 0.2) is 36.7 Å². The highest BCUT2D eigenvalue weighted by Crippen LogP contribution is 2.28. The topological polar surface area (TPSA) is 76.9 Å². The number of benzene rings is 1. The summed E-state index contributed by atoms with van der Waals surface area (Å²) in [7, 11) is 1.48. The van der Waals surface area contributed by atoms with Crippen LogP contribution in [-0.2, 0) is 11.3 Å². The Bertz CT molecular complexity index is 801. The molecular formula is C23H33N3O4. The molecule has 1 atom stereocenters. The van der Waals surface area contributed by atoms with Crippen LogP contribution < -0.4 is 9.47 Å². The first kappa shape index (κ1) is 22.5. The van der Waals surface area contributed by atoms with Crippen molar-refractivity contribution >= 4 is 0 Å². The molecule has 7 heteroatoms. The minimum absolute atomic E-state index is 0.304. The van der Waals surface area contributed by atoms with Crippen molar-refractivity contribution in [1.82, 2.24) is 14.9 Å². The van der Waals surface area contributed by atoms with Gasteiger partial charge in [-0.15, -0.1) is 0 Å². The second-order valence-corrected chi connectivity index (χ2v) is 8.68. The number of para-hydroxylation sites is 1. The van der Waals surface area contributed by atoms with Crippen LogP contribution in [0.5, 0.6) is 11.6 Å². The average Bonchev–Trinajstić information content (AvgIpc) is 2.73. The van der Waals surface area contributed by atoms with Crippen LogP contribution in [0.4, 0.5) is 0 Å². The second-order valence-electron chi connectivity index (χ2n) is 8.68. The smallest absolute Gasteiger partial charge is 0.237 e. The van der Waals surface area contributed by atoms with Gasteiger partial charge >= 0.3 is 0 Å². The molecule has 1 aliphatic rings. The molecule has 3 rings (SSSR count). The molecule has 1 saturated heterocycles. The van der Waals surface area contributed by atoms with Gasteiger partial charge in [-0.05, 0) is 58.7 Å². The van der Waals surface area contributed by atoms with Crippen molar-refractivity contribution in [2.45, 2.75) is 52.0 Å². The summed E-state index contributed by atoms with van der Waals surface area (Å²) in [5.74, 6) is 1.77. The summed E-state index contributed by atoms with van der Waals surface area (Å²) in [6, 6.07) is 7.47. The minimum atomic E-state index is -0.973. The Morgan fingerprint density at radius 2 is 1.83 bits per heavy atom. The predicted molar refractivity (Wildman–Crippen MR) is 114 cm³/mol.